The van der Waals surface area contributed by atoms with Gasteiger partial charge < -0.3 is 19.6 Å². The summed E-state index contributed by atoms with van der Waals surface area (Å²) in [7, 11) is 0. The number of furan rings is 1. The first kappa shape index (κ1) is 16.9. The Morgan fingerprint density at radius 2 is 2.09 bits per heavy atom. The van der Waals surface area contributed by atoms with Crippen molar-refractivity contribution in [2.45, 2.75) is 20.3 Å². The molecule has 1 aromatic carbocycles. The molecule has 0 bridgehead atoms. The van der Waals surface area contributed by atoms with Crippen molar-refractivity contribution in [3.05, 3.63) is 46.4 Å². The molecule has 7 heteroatoms. The smallest absolute Gasteiger partial charge is 0.372 e. The number of aryl methyl sites for hydroxylation is 1. The van der Waals surface area contributed by atoms with Crippen LogP contribution in [-0.4, -0.2) is 23.6 Å². The third-order valence-electron chi connectivity index (χ3n) is 2.99. The molecule has 2 N–H and O–H groups in total. The van der Waals surface area contributed by atoms with Gasteiger partial charge in [-0.1, -0.05) is 18.5 Å². The lowest BCUT2D eigenvalue weighted by Crippen LogP contribution is -2.12. The van der Waals surface area contributed by atoms with Crippen LogP contribution in [0.15, 0.2) is 28.7 Å². The predicted octanol–water partition coefficient (Wildman–Crippen LogP) is 3.98. The quantitative estimate of drug-likeness (QED) is 0.832. The molecule has 0 radical (unpaired) electrons. The average Bonchev–Trinajstić information content (AvgIpc) is 2.89. The van der Waals surface area contributed by atoms with Crippen molar-refractivity contribution in [2.75, 3.05) is 11.9 Å². The molecule has 23 heavy (non-hydrogen) atoms. The van der Waals surface area contributed by atoms with Crippen molar-refractivity contribution < 1.29 is 23.8 Å². The van der Waals surface area contributed by atoms with E-state index in [0.717, 1.165) is 6.42 Å². The molecule has 2 rings (SSSR count). The van der Waals surface area contributed by atoms with Gasteiger partial charge in [0.2, 0.25) is 5.76 Å². The third-order valence-corrected chi connectivity index (χ3v) is 3.22. The Kier molecular flexibility index (Phi) is 5.28. The second-order valence-electron chi connectivity index (χ2n) is 4.87. The van der Waals surface area contributed by atoms with Gasteiger partial charge in [0.1, 0.15) is 5.75 Å². The highest BCUT2D eigenvalue weighted by Crippen LogP contribution is 2.29. The van der Waals surface area contributed by atoms with Gasteiger partial charge in [-0.15, -0.1) is 0 Å². The zero-order valence-electron chi connectivity index (χ0n) is 12.7. The Hall–Kier alpha value is -2.47. The number of rotatable bonds is 6. The summed E-state index contributed by atoms with van der Waals surface area (Å²) in [6.45, 7) is 4.01. The van der Waals surface area contributed by atoms with E-state index in [2.05, 4.69) is 5.32 Å². The van der Waals surface area contributed by atoms with Crippen LogP contribution in [0.25, 0.3) is 0 Å². The Morgan fingerprint density at radius 1 is 1.35 bits per heavy atom. The van der Waals surface area contributed by atoms with Crippen molar-refractivity contribution in [1.82, 2.24) is 0 Å². The number of ether oxygens (including phenoxy) is 1. The monoisotopic (exact) mass is 337 g/mol. The summed E-state index contributed by atoms with van der Waals surface area (Å²) in [5.74, 6) is -1.68. The molecule has 0 aliphatic carbocycles. The summed E-state index contributed by atoms with van der Waals surface area (Å²) < 4.78 is 10.6. The Labute approximate surface area is 138 Å². The molecule has 122 valence electrons. The van der Waals surface area contributed by atoms with Crippen LogP contribution in [0.5, 0.6) is 5.75 Å². The molecule has 0 aliphatic heterocycles. The van der Waals surface area contributed by atoms with Crippen molar-refractivity contribution >= 4 is 29.2 Å². The normalized spacial score (nSPS) is 10.4. The number of amides is 1. The number of anilines is 1. The topological polar surface area (TPSA) is 88.8 Å². The summed E-state index contributed by atoms with van der Waals surface area (Å²) in [5.41, 5.74) is 0.762. The van der Waals surface area contributed by atoms with Gasteiger partial charge in [-0.25, -0.2) is 4.79 Å². The van der Waals surface area contributed by atoms with Gasteiger partial charge in [0.25, 0.3) is 5.91 Å². The first-order valence-corrected chi connectivity index (χ1v) is 7.37. The summed E-state index contributed by atoms with van der Waals surface area (Å²) in [4.78, 5) is 23.2. The molecule has 6 nitrogen and oxygen atoms in total. The number of carboxylic acid groups (broad SMARTS) is 1. The van der Waals surface area contributed by atoms with E-state index in [1.54, 1.807) is 25.1 Å². The third kappa shape index (κ3) is 4.04. The predicted molar refractivity (Wildman–Crippen MR) is 85.6 cm³/mol. The molecule has 0 spiro atoms. The fourth-order valence-electron chi connectivity index (χ4n) is 1.93. The van der Waals surface area contributed by atoms with Crippen LogP contribution in [-0.2, 0) is 0 Å². The lowest BCUT2D eigenvalue weighted by molar-refractivity contribution is 0.0659. The Morgan fingerprint density at radius 3 is 2.70 bits per heavy atom. The molecule has 1 heterocycles. The first-order chi connectivity index (χ1) is 10.9. The molecule has 2 aromatic rings. The van der Waals surface area contributed by atoms with E-state index < -0.39 is 11.9 Å². The zero-order chi connectivity index (χ0) is 17.0. The highest BCUT2D eigenvalue weighted by atomic mass is 35.5. The minimum absolute atomic E-state index is 0.0960. The largest absolute Gasteiger partial charge is 0.491 e. The highest BCUT2D eigenvalue weighted by molar-refractivity contribution is 6.31. The molecule has 0 saturated carbocycles. The number of benzene rings is 1. The molecule has 0 aliphatic rings. The summed E-state index contributed by atoms with van der Waals surface area (Å²) in [5, 5.41) is 12.0. The summed E-state index contributed by atoms with van der Waals surface area (Å²) in [6.07, 6.45) is 0.815. The van der Waals surface area contributed by atoms with Crippen molar-refractivity contribution in [3.8, 4) is 5.75 Å². The van der Waals surface area contributed by atoms with Crippen molar-refractivity contribution in [1.29, 1.82) is 0 Å². The number of carbonyl (C=O) groups excluding carboxylic acids is 1. The number of nitrogens with one attached hydrogen (secondary N) is 1. The second kappa shape index (κ2) is 7.19. The molecule has 1 aromatic heterocycles. The van der Waals surface area contributed by atoms with E-state index in [-0.39, 0.29) is 11.5 Å². The van der Waals surface area contributed by atoms with E-state index >= 15 is 0 Å². The maximum absolute atomic E-state index is 12.2. The molecule has 1 amide bonds. The highest BCUT2D eigenvalue weighted by Gasteiger charge is 2.20. The van der Waals surface area contributed by atoms with Crippen molar-refractivity contribution in [3.63, 3.8) is 0 Å². The van der Waals surface area contributed by atoms with Crippen LogP contribution in [0, 0.1) is 6.92 Å². The Bertz CT molecular complexity index is 738. The van der Waals surface area contributed by atoms with E-state index in [4.69, 9.17) is 25.9 Å². The molecule has 0 atom stereocenters. The van der Waals surface area contributed by atoms with E-state index in [1.807, 2.05) is 6.92 Å². The van der Waals surface area contributed by atoms with Crippen LogP contribution >= 0.6 is 11.6 Å². The van der Waals surface area contributed by atoms with Crippen molar-refractivity contribution in [2.24, 2.45) is 0 Å². The molecule has 0 unspecified atom stereocenters. The van der Waals surface area contributed by atoms with Crippen LogP contribution in [0.4, 0.5) is 5.69 Å². The minimum atomic E-state index is -1.23. The number of hydrogen-bond donors (Lipinski definition) is 2. The molecule has 0 saturated heterocycles. The van der Waals surface area contributed by atoms with Gasteiger partial charge >= 0.3 is 5.97 Å². The lowest BCUT2D eigenvalue weighted by Gasteiger charge is -2.11. The second-order valence-corrected chi connectivity index (χ2v) is 5.31. The van der Waals surface area contributed by atoms with Crippen LogP contribution in [0.1, 0.15) is 40.0 Å². The van der Waals surface area contributed by atoms with Gasteiger partial charge in [-0.05, 0) is 37.6 Å². The van der Waals surface area contributed by atoms with Crippen LogP contribution in [0.2, 0.25) is 5.02 Å². The SMILES string of the molecule is CCCOc1ccc(Cl)cc1NC(=O)c1cc(C)c(C(=O)O)o1. The van der Waals surface area contributed by atoms with E-state index in [0.29, 0.717) is 28.6 Å². The van der Waals surface area contributed by atoms with Crippen LogP contribution < -0.4 is 10.1 Å². The number of halogens is 1. The summed E-state index contributed by atoms with van der Waals surface area (Å²) >= 11 is 5.94. The number of carboxylic acids is 1. The van der Waals surface area contributed by atoms with E-state index in [9.17, 15) is 9.59 Å². The first-order valence-electron chi connectivity index (χ1n) is 6.99. The van der Waals surface area contributed by atoms with Gasteiger partial charge in [-0.3, -0.25) is 4.79 Å². The fourth-order valence-corrected chi connectivity index (χ4v) is 2.10. The van der Waals surface area contributed by atoms with Gasteiger partial charge in [0, 0.05) is 10.6 Å². The molecular formula is C16H16ClNO5. The maximum Gasteiger partial charge on any atom is 0.372 e. The lowest BCUT2D eigenvalue weighted by atomic mass is 10.2. The fraction of sp³-hybridized carbons (Fsp3) is 0.250. The number of carbonyl (C=O) groups is 2. The van der Waals surface area contributed by atoms with Gasteiger partial charge in [0.15, 0.2) is 5.76 Å². The van der Waals surface area contributed by atoms with Gasteiger partial charge in [-0.2, -0.15) is 0 Å². The average molecular weight is 338 g/mol. The summed E-state index contributed by atoms with van der Waals surface area (Å²) in [6, 6.07) is 6.24. The molecule has 0 fully saturated rings. The van der Waals surface area contributed by atoms with E-state index in [1.165, 1.54) is 6.07 Å². The van der Waals surface area contributed by atoms with Gasteiger partial charge in [0.05, 0.1) is 12.3 Å². The minimum Gasteiger partial charge on any atom is -0.491 e. The Balaban J connectivity index is 2.24. The molecular weight excluding hydrogens is 322 g/mol. The zero-order valence-corrected chi connectivity index (χ0v) is 13.4. The maximum atomic E-state index is 12.2. The number of hydrogen-bond acceptors (Lipinski definition) is 4. The number of aromatic carboxylic acids is 1. The van der Waals surface area contributed by atoms with Crippen LogP contribution in [0.3, 0.4) is 0 Å². The standard InChI is InChI=1S/C16H16ClNO5/c1-3-6-22-12-5-4-10(17)8-11(12)18-15(19)13-7-9(2)14(23-13)16(20)21/h4-5,7-8H,3,6H2,1-2H3,(H,18,19)(H,20,21).